The normalized spacial score (nSPS) is 10.5. The third-order valence-corrected chi connectivity index (χ3v) is 2.84. The number of carbonyl (C=O) groups excluding carboxylic acids is 1. The van der Waals surface area contributed by atoms with Crippen LogP contribution in [0, 0.1) is 11.6 Å². The Kier molecular flexibility index (Phi) is 4.00. The first-order valence-corrected chi connectivity index (χ1v) is 6.56. The first-order valence-electron chi connectivity index (χ1n) is 6.56. The molecule has 23 heavy (non-hydrogen) atoms. The second-order valence-corrected chi connectivity index (χ2v) is 4.54. The molecule has 1 aromatic carbocycles. The monoisotopic (exact) mass is 316 g/mol. The van der Waals surface area contributed by atoms with Crippen molar-refractivity contribution in [2.75, 3.05) is 5.32 Å². The lowest BCUT2D eigenvalue weighted by atomic mass is 10.2. The fraction of sp³-hybridized carbons (Fsp3) is 0.0714. The van der Waals surface area contributed by atoms with Crippen molar-refractivity contribution in [3.63, 3.8) is 0 Å². The van der Waals surface area contributed by atoms with Crippen LogP contribution >= 0.6 is 0 Å². The van der Waals surface area contributed by atoms with E-state index in [0.29, 0.717) is 11.9 Å². The quantitative estimate of drug-likeness (QED) is 0.791. The van der Waals surface area contributed by atoms with E-state index in [4.69, 9.17) is 0 Å². The van der Waals surface area contributed by atoms with E-state index >= 15 is 0 Å². The molecule has 0 saturated carbocycles. The SMILES string of the molecule is O=C(Cn1nnc(-c2ccccc2)n1)Nc1ncc(F)cc1F. The van der Waals surface area contributed by atoms with Gasteiger partial charge >= 0.3 is 0 Å². The van der Waals surface area contributed by atoms with Crippen LogP contribution in [0.25, 0.3) is 11.4 Å². The fourth-order valence-corrected chi connectivity index (χ4v) is 1.82. The van der Waals surface area contributed by atoms with Crippen LogP contribution in [0.3, 0.4) is 0 Å². The smallest absolute Gasteiger partial charge is 0.249 e. The number of amides is 1. The molecule has 116 valence electrons. The molecule has 0 fully saturated rings. The molecule has 0 aliphatic rings. The average Bonchev–Trinajstić information content (AvgIpc) is 2.99. The fourth-order valence-electron chi connectivity index (χ4n) is 1.82. The highest BCUT2D eigenvalue weighted by molar-refractivity contribution is 5.89. The zero-order chi connectivity index (χ0) is 16.2. The lowest BCUT2D eigenvalue weighted by molar-refractivity contribution is -0.117. The Labute approximate surface area is 129 Å². The Morgan fingerprint density at radius 3 is 2.74 bits per heavy atom. The third-order valence-electron chi connectivity index (χ3n) is 2.84. The number of hydrogen-bond donors (Lipinski definition) is 1. The first-order chi connectivity index (χ1) is 11.1. The largest absolute Gasteiger partial charge is 0.307 e. The van der Waals surface area contributed by atoms with Gasteiger partial charge in [-0.3, -0.25) is 4.79 Å². The van der Waals surface area contributed by atoms with Crippen molar-refractivity contribution in [2.24, 2.45) is 0 Å². The summed E-state index contributed by atoms with van der Waals surface area (Å²) in [5, 5.41) is 13.9. The van der Waals surface area contributed by atoms with E-state index in [9.17, 15) is 13.6 Å². The van der Waals surface area contributed by atoms with Gasteiger partial charge in [0.15, 0.2) is 11.6 Å². The van der Waals surface area contributed by atoms with E-state index in [1.54, 1.807) is 12.1 Å². The van der Waals surface area contributed by atoms with E-state index in [1.165, 1.54) is 0 Å². The molecule has 1 amide bonds. The maximum Gasteiger partial charge on any atom is 0.249 e. The summed E-state index contributed by atoms with van der Waals surface area (Å²) in [5.41, 5.74) is 0.755. The lowest BCUT2D eigenvalue weighted by Crippen LogP contribution is -2.21. The maximum atomic E-state index is 13.4. The van der Waals surface area contributed by atoms with Gasteiger partial charge in [-0.1, -0.05) is 30.3 Å². The van der Waals surface area contributed by atoms with Gasteiger partial charge in [0.05, 0.1) is 6.20 Å². The lowest BCUT2D eigenvalue weighted by Gasteiger charge is -2.04. The minimum absolute atomic E-state index is 0.279. The summed E-state index contributed by atoms with van der Waals surface area (Å²) in [6.07, 6.45) is 0.805. The van der Waals surface area contributed by atoms with Gasteiger partial charge < -0.3 is 5.32 Å². The Bertz CT molecular complexity index is 836. The first kappa shape index (κ1) is 14.7. The number of rotatable bonds is 4. The molecule has 0 unspecified atom stereocenters. The standard InChI is InChI=1S/C14H10F2N6O/c15-10-6-11(16)14(17-7-10)18-12(23)8-22-20-13(19-21-22)9-4-2-1-3-5-9/h1-7H,8H2,(H,17,18,23). The number of carbonyl (C=O) groups is 1. The number of pyridine rings is 1. The molecule has 0 atom stereocenters. The van der Waals surface area contributed by atoms with Crippen molar-refractivity contribution in [2.45, 2.75) is 6.54 Å². The van der Waals surface area contributed by atoms with E-state index in [1.807, 2.05) is 18.2 Å². The highest BCUT2D eigenvalue weighted by atomic mass is 19.1. The van der Waals surface area contributed by atoms with Crippen LogP contribution in [0.2, 0.25) is 0 Å². The zero-order valence-corrected chi connectivity index (χ0v) is 11.6. The molecule has 0 aliphatic carbocycles. The van der Waals surface area contributed by atoms with E-state index in [-0.39, 0.29) is 12.4 Å². The summed E-state index contributed by atoms with van der Waals surface area (Å²) in [6.45, 7) is -0.279. The summed E-state index contributed by atoms with van der Waals surface area (Å²) in [5.74, 6) is -2.40. The molecule has 0 saturated heterocycles. The van der Waals surface area contributed by atoms with Gasteiger partial charge in [-0.15, -0.1) is 10.2 Å². The number of aromatic nitrogens is 5. The third kappa shape index (κ3) is 3.51. The summed E-state index contributed by atoms with van der Waals surface area (Å²) in [6, 6.07) is 9.74. The van der Waals surface area contributed by atoms with Crippen molar-refractivity contribution in [3.05, 3.63) is 54.2 Å². The van der Waals surface area contributed by atoms with Crippen LogP contribution < -0.4 is 5.32 Å². The van der Waals surface area contributed by atoms with Crippen molar-refractivity contribution in [1.82, 2.24) is 25.2 Å². The summed E-state index contributed by atoms with van der Waals surface area (Å²) >= 11 is 0. The van der Waals surface area contributed by atoms with Gasteiger partial charge in [-0.2, -0.15) is 4.80 Å². The van der Waals surface area contributed by atoms with Crippen molar-refractivity contribution >= 4 is 11.7 Å². The van der Waals surface area contributed by atoms with Crippen LogP contribution in [-0.2, 0) is 11.3 Å². The molecule has 2 aromatic heterocycles. The molecule has 0 aliphatic heterocycles. The highest BCUT2D eigenvalue weighted by Crippen LogP contribution is 2.13. The van der Waals surface area contributed by atoms with Gasteiger partial charge in [-0.25, -0.2) is 13.8 Å². The van der Waals surface area contributed by atoms with E-state index in [0.717, 1.165) is 16.6 Å². The maximum absolute atomic E-state index is 13.4. The predicted octanol–water partition coefficient (Wildman–Crippen LogP) is 1.65. The minimum atomic E-state index is -0.963. The second-order valence-electron chi connectivity index (χ2n) is 4.54. The van der Waals surface area contributed by atoms with Crippen molar-refractivity contribution < 1.29 is 13.6 Å². The summed E-state index contributed by atoms with van der Waals surface area (Å²) in [4.78, 5) is 16.4. The molecule has 3 aromatic rings. The average molecular weight is 316 g/mol. The van der Waals surface area contributed by atoms with Crippen LogP contribution in [-0.4, -0.2) is 31.1 Å². The molecule has 1 N–H and O–H groups in total. The van der Waals surface area contributed by atoms with E-state index in [2.05, 4.69) is 25.7 Å². The van der Waals surface area contributed by atoms with Crippen LogP contribution in [0.1, 0.15) is 0 Å². The van der Waals surface area contributed by atoms with Gasteiger partial charge in [0, 0.05) is 11.6 Å². The van der Waals surface area contributed by atoms with Crippen molar-refractivity contribution in [1.29, 1.82) is 0 Å². The molecule has 0 bridgehead atoms. The van der Waals surface area contributed by atoms with Gasteiger partial charge in [-0.05, 0) is 5.21 Å². The molecule has 7 nitrogen and oxygen atoms in total. The Morgan fingerprint density at radius 2 is 2.00 bits per heavy atom. The zero-order valence-electron chi connectivity index (χ0n) is 11.6. The van der Waals surface area contributed by atoms with Gasteiger partial charge in [0.25, 0.3) is 0 Å². The van der Waals surface area contributed by atoms with Crippen LogP contribution in [0.4, 0.5) is 14.6 Å². The van der Waals surface area contributed by atoms with E-state index < -0.39 is 17.5 Å². The number of nitrogens with zero attached hydrogens (tertiary/aromatic N) is 5. The Morgan fingerprint density at radius 1 is 1.22 bits per heavy atom. The van der Waals surface area contributed by atoms with Crippen LogP contribution in [0.15, 0.2) is 42.6 Å². The van der Waals surface area contributed by atoms with Crippen molar-refractivity contribution in [3.8, 4) is 11.4 Å². The number of benzene rings is 1. The number of nitrogens with one attached hydrogen (secondary N) is 1. The predicted molar refractivity (Wildman–Crippen MR) is 76.0 cm³/mol. The molecule has 9 heteroatoms. The van der Waals surface area contributed by atoms with Crippen LogP contribution in [0.5, 0.6) is 0 Å². The Hall–Kier alpha value is -3.23. The summed E-state index contributed by atoms with van der Waals surface area (Å²) in [7, 11) is 0. The van der Waals surface area contributed by atoms with Gasteiger partial charge in [0.2, 0.25) is 11.7 Å². The number of anilines is 1. The molecule has 0 spiro atoms. The molecular weight excluding hydrogens is 306 g/mol. The van der Waals surface area contributed by atoms with Gasteiger partial charge in [0.1, 0.15) is 12.4 Å². The summed E-state index contributed by atoms with van der Waals surface area (Å²) < 4.78 is 26.2. The number of hydrogen-bond acceptors (Lipinski definition) is 5. The Balaban J connectivity index is 1.68. The highest BCUT2D eigenvalue weighted by Gasteiger charge is 2.12. The molecule has 2 heterocycles. The number of tetrazole rings is 1. The number of halogens is 2. The topological polar surface area (TPSA) is 85.6 Å². The second kappa shape index (κ2) is 6.26. The minimum Gasteiger partial charge on any atom is -0.307 e. The molecule has 3 rings (SSSR count). The molecular formula is C14H10F2N6O. The molecule has 0 radical (unpaired) electrons.